The topological polar surface area (TPSA) is 110 Å². The minimum atomic E-state index is -0.784. The van der Waals surface area contributed by atoms with E-state index in [9.17, 15) is 23.2 Å². The predicted molar refractivity (Wildman–Crippen MR) is 249 cm³/mol. The van der Waals surface area contributed by atoms with Crippen LogP contribution in [-0.2, 0) is 38.0 Å². The molecule has 0 N–H and O–H groups in total. The third-order valence-corrected chi connectivity index (χ3v) is 11.5. The van der Waals surface area contributed by atoms with E-state index in [1.54, 1.807) is 0 Å². The lowest BCUT2D eigenvalue weighted by atomic mass is 9.99. The third-order valence-electron chi connectivity index (χ3n) is 11.5. The number of hydrogen-bond donors (Lipinski definition) is 0. The number of carbonyl (C=O) groups is 3. The molecule has 0 aromatic rings. The van der Waals surface area contributed by atoms with E-state index in [2.05, 4.69) is 43.1 Å². The molecule has 368 valence electrons. The molecule has 63 heavy (non-hydrogen) atoms. The molecule has 0 radical (unpaired) electrons. The lowest BCUT2D eigenvalue weighted by Gasteiger charge is -2.31. The number of esters is 2. The van der Waals surface area contributed by atoms with Crippen molar-refractivity contribution in [1.82, 2.24) is 4.90 Å². The number of piperidine rings is 1. The van der Waals surface area contributed by atoms with E-state index in [1.807, 2.05) is 0 Å². The minimum Gasteiger partial charge on any atom is -0.465 e. The average Bonchev–Trinajstić information content (AvgIpc) is 3.29. The van der Waals surface area contributed by atoms with Crippen LogP contribution >= 0.6 is 0 Å². The van der Waals surface area contributed by atoms with Gasteiger partial charge in [0.15, 0.2) is 6.29 Å². The summed E-state index contributed by atoms with van der Waals surface area (Å²) in [6, 6.07) is 0. The second-order valence-electron chi connectivity index (χ2n) is 17.3. The van der Waals surface area contributed by atoms with Gasteiger partial charge in [-0.25, -0.2) is 4.79 Å². The molecular weight excluding hydrogens is 809 g/mol. The fraction of sp³-hybridized carbons (Fsp3) is 0.863. The normalized spacial score (nSPS) is 15.1. The Bertz CT molecular complexity index is 1110. The molecule has 0 spiro atoms. The molecule has 12 heteroatoms. The number of alkyl halides is 2. The molecule has 2 atom stereocenters. The van der Waals surface area contributed by atoms with Crippen molar-refractivity contribution in [3.63, 3.8) is 0 Å². The van der Waals surface area contributed by atoms with Gasteiger partial charge < -0.3 is 33.3 Å². The number of carbonyl (C=O) groups excluding carboxylic acids is 3. The molecule has 1 rings (SSSR count). The summed E-state index contributed by atoms with van der Waals surface area (Å²) < 4.78 is 59.0. The molecule has 1 aliphatic rings. The minimum absolute atomic E-state index is 0.0514. The molecule has 1 aliphatic heterocycles. The number of likely N-dealkylation sites (tertiary alicyclic amines) is 1. The van der Waals surface area contributed by atoms with Gasteiger partial charge in [-0.3, -0.25) is 18.4 Å². The van der Waals surface area contributed by atoms with Gasteiger partial charge in [0.2, 0.25) is 0 Å². The highest BCUT2D eigenvalue weighted by Crippen LogP contribution is 2.18. The maximum atomic E-state index is 13.0. The fourth-order valence-corrected chi connectivity index (χ4v) is 7.47. The Morgan fingerprint density at radius 3 is 1.71 bits per heavy atom. The Morgan fingerprint density at radius 2 is 1.13 bits per heavy atom. The van der Waals surface area contributed by atoms with Crippen LogP contribution in [0.2, 0.25) is 0 Å². The summed E-state index contributed by atoms with van der Waals surface area (Å²) in [5.41, 5.74) is 0. The average molecular weight is 900 g/mol. The highest BCUT2D eigenvalue weighted by Gasteiger charge is 2.23. The van der Waals surface area contributed by atoms with E-state index in [4.69, 9.17) is 28.4 Å². The standard InChI is InChI=1S/C51H91F2NO9/c1-3-5-6-7-8-9-10-11-12-13-14-15-16-21-26-33-48(55)60-43-47(45-63-51(57)62-42-46-32-31-38-54(4-2)41-46)44-61-49(56)34-35-50(58-39-29-24-19-17-22-27-36-52)59-40-30-25-20-18-23-28-37-53/h8-9,11-12,46-47,50H,3-7,10,13-45H2,1-2H3/b9-8-,12-11-. The van der Waals surface area contributed by atoms with E-state index in [1.165, 1.54) is 25.7 Å². The number of allylic oxidation sites excluding steroid dienone is 4. The first-order valence-electron chi connectivity index (χ1n) is 25.4. The lowest BCUT2D eigenvalue weighted by Crippen LogP contribution is -2.37. The quantitative estimate of drug-likeness (QED) is 0.0193. The second kappa shape index (κ2) is 44.6. The van der Waals surface area contributed by atoms with Crippen molar-refractivity contribution >= 4 is 18.1 Å². The molecule has 0 amide bonds. The van der Waals surface area contributed by atoms with Gasteiger partial charge in [-0.1, -0.05) is 122 Å². The SMILES string of the molecule is CCCCC/C=C\C/C=C\CCCCCCCC(=O)OCC(COC(=O)CCC(OCCCCCCCCF)OCCCCCCCCF)COC(=O)OCC1CCCN(CC)C1. The van der Waals surface area contributed by atoms with Crippen molar-refractivity contribution in [3.05, 3.63) is 24.3 Å². The Hall–Kier alpha value is -2.57. The molecule has 0 aliphatic carbocycles. The van der Waals surface area contributed by atoms with Gasteiger partial charge in [-0.2, -0.15) is 0 Å². The number of halogens is 2. The molecule has 0 bridgehead atoms. The van der Waals surface area contributed by atoms with Crippen LogP contribution in [0.1, 0.15) is 194 Å². The van der Waals surface area contributed by atoms with Gasteiger partial charge in [0.25, 0.3) is 0 Å². The molecule has 0 aromatic carbocycles. The van der Waals surface area contributed by atoms with E-state index < -0.39 is 24.3 Å². The first-order chi connectivity index (χ1) is 30.9. The fourth-order valence-electron chi connectivity index (χ4n) is 7.47. The third kappa shape index (κ3) is 38.4. The van der Waals surface area contributed by atoms with Crippen LogP contribution in [0.4, 0.5) is 13.6 Å². The van der Waals surface area contributed by atoms with Crippen LogP contribution in [0.3, 0.4) is 0 Å². The Balaban J connectivity index is 2.56. The zero-order valence-corrected chi connectivity index (χ0v) is 40.0. The monoisotopic (exact) mass is 900 g/mol. The van der Waals surface area contributed by atoms with Crippen LogP contribution in [0.15, 0.2) is 24.3 Å². The summed E-state index contributed by atoms with van der Waals surface area (Å²) in [4.78, 5) is 40.6. The van der Waals surface area contributed by atoms with Gasteiger partial charge in [0, 0.05) is 38.5 Å². The van der Waals surface area contributed by atoms with Crippen LogP contribution in [0, 0.1) is 11.8 Å². The lowest BCUT2D eigenvalue weighted by molar-refractivity contribution is -0.161. The van der Waals surface area contributed by atoms with Crippen molar-refractivity contribution in [3.8, 4) is 0 Å². The van der Waals surface area contributed by atoms with Crippen LogP contribution in [0.5, 0.6) is 0 Å². The molecule has 1 saturated heterocycles. The molecule has 2 unspecified atom stereocenters. The molecule has 1 fully saturated rings. The second-order valence-corrected chi connectivity index (χ2v) is 17.3. The Kier molecular flexibility index (Phi) is 41.4. The molecule has 10 nitrogen and oxygen atoms in total. The summed E-state index contributed by atoms with van der Waals surface area (Å²) in [6.45, 7) is 7.74. The zero-order chi connectivity index (χ0) is 45.7. The summed E-state index contributed by atoms with van der Waals surface area (Å²) >= 11 is 0. The Labute approximate surface area is 382 Å². The number of unbranched alkanes of at least 4 members (excludes halogenated alkanes) is 18. The van der Waals surface area contributed by atoms with Crippen molar-refractivity contribution < 1.29 is 51.6 Å². The van der Waals surface area contributed by atoms with Gasteiger partial charge in [-0.15, -0.1) is 0 Å². The number of hydrogen-bond acceptors (Lipinski definition) is 10. The summed E-state index contributed by atoms with van der Waals surface area (Å²) in [5.74, 6) is -1.08. The largest absolute Gasteiger partial charge is 0.508 e. The summed E-state index contributed by atoms with van der Waals surface area (Å²) in [5, 5.41) is 0. The molecule has 1 heterocycles. The molecule has 0 aromatic heterocycles. The maximum absolute atomic E-state index is 13.0. The van der Waals surface area contributed by atoms with Crippen molar-refractivity contribution in [1.29, 1.82) is 0 Å². The zero-order valence-electron chi connectivity index (χ0n) is 40.0. The van der Waals surface area contributed by atoms with E-state index in [0.717, 1.165) is 142 Å². The van der Waals surface area contributed by atoms with Crippen molar-refractivity contribution in [2.45, 2.75) is 200 Å². The highest BCUT2D eigenvalue weighted by molar-refractivity contribution is 5.69. The molecule has 0 saturated carbocycles. The van der Waals surface area contributed by atoms with Crippen LogP contribution in [0.25, 0.3) is 0 Å². The first kappa shape index (κ1) is 58.4. The summed E-state index contributed by atoms with van der Waals surface area (Å²) in [7, 11) is 0. The van der Waals surface area contributed by atoms with E-state index in [0.29, 0.717) is 38.9 Å². The highest BCUT2D eigenvalue weighted by atomic mass is 19.1. The smallest absolute Gasteiger partial charge is 0.465 e. The van der Waals surface area contributed by atoms with Crippen LogP contribution < -0.4 is 0 Å². The molecular formula is C51H91F2NO9. The number of nitrogens with zero attached hydrogens (tertiary/aromatic N) is 1. The van der Waals surface area contributed by atoms with Crippen LogP contribution in [-0.4, -0.2) is 102 Å². The van der Waals surface area contributed by atoms with E-state index >= 15 is 0 Å². The van der Waals surface area contributed by atoms with Crippen molar-refractivity contribution in [2.75, 3.05) is 72.6 Å². The number of ether oxygens (including phenoxy) is 6. The first-order valence-corrected chi connectivity index (χ1v) is 25.4. The predicted octanol–water partition coefficient (Wildman–Crippen LogP) is 13.1. The number of rotatable bonds is 44. The van der Waals surface area contributed by atoms with Gasteiger partial charge >= 0.3 is 18.1 Å². The Morgan fingerprint density at radius 1 is 0.603 bits per heavy atom. The van der Waals surface area contributed by atoms with Gasteiger partial charge in [0.1, 0.15) is 19.8 Å². The van der Waals surface area contributed by atoms with E-state index in [-0.39, 0.29) is 58.1 Å². The van der Waals surface area contributed by atoms with Gasteiger partial charge in [-0.05, 0) is 90.1 Å². The van der Waals surface area contributed by atoms with Crippen molar-refractivity contribution in [2.24, 2.45) is 11.8 Å². The summed E-state index contributed by atoms with van der Waals surface area (Å²) in [6.07, 6.45) is 33.2. The maximum Gasteiger partial charge on any atom is 0.508 e. The van der Waals surface area contributed by atoms with Gasteiger partial charge in [0.05, 0.1) is 32.3 Å².